The molecule has 6 heteroatoms. The Kier molecular flexibility index (Phi) is 3.99. The van der Waals surface area contributed by atoms with Gasteiger partial charge in [0.25, 0.3) is 5.56 Å². The Balaban J connectivity index is 2.34. The highest BCUT2D eigenvalue weighted by atomic mass is 16.5. The second kappa shape index (κ2) is 5.98. The van der Waals surface area contributed by atoms with E-state index in [4.69, 9.17) is 4.74 Å². The monoisotopic (exact) mass is 326 g/mol. The van der Waals surface area contributed by atoms with Crippen LogP contribution in [-0.2, 0) is 4.79 Å². The van der Waals surface area contributed by atoms with Crippen molar-refractivity contribution in [3.05, 3.63) is 64.1 Å². The molecule has 0 fully saturated rings. The maximum absolute atomic E-state index is 12.3. The van der Waals surface area contributed by atoms with Crippen LogP contribution in [-0.4, -0.2) is 28.3 Å². The van der Waals surface area contributed by atoms with Crippen LogP contribution in [0.2, 0.25) is 0 Å². The maximum Gasteiger partial charge on any atom is 0.255 e. The molecule has 0 unspecified atom stereocenters. The third-order valence-electron chi connectivity index (χ3n) is 4.06. The van der Waals surface area contributed by atoms with Gasteiger partial charge in [-0.25, -0.2) is 0 Å². The lowest BCUT2D eigenvalue weighted by Crippen LogP contribution is -2.38. The van der Waals surface area contributed by atoms with E-state index in [1.54, 1.807) is 36.5 Å². The smallest absolute Gasteiger partial charge is 0.255 e. The molecule has 6 nitrogen and oxygen atoms in total. The highest BCUT2D eigenvalue weighted by Gasteiger charge is 2.35. The number of hydrogen-bond acceptors (Lipinski definition) is 4. The van der Waals surface area contributed by atoms with Gasteiger partial charge in [-0.15, -0.1) is 0 Å². The summed E-state index contributed by atoms with van der Waals surface area (Å²) in [6.07, 6.45) is 2.23. The Morgan fingerprint density at radius 2 is 2.08 bits per heavy atom. The van der Waals surface area contributed by atoms with E-state index in [1.807, 2.05) is 13.8 Å². The highest BCUT2D eigenvalue weighted by molar-refractivity contribution is 5.81. The standard InChI is InChI=1S/C18H18N2O4/c1-18(2)14(10-21)17(20-8-4-3-5-16(20)23)13-9-12(19-11-22)6-7-15(13)24-18/h3-9,11,21H,10H2,1-2H3,(H,19,22). The number of nitrogens with one attached hydrogen (secondary N) is 1. The summed E-state index contributed by atoms with van der Waals surface area (Å²) in [5.41, 5.74) is 1.39. The molecular weight excluding hydrogens is 308 g/mol. The molecule has 24 heavy (non-hydrogen) atoms. The number of carbonyl (C=O) groups is 1. The molecule has 1 aliphatic heterocycles. The molecule has 1 amide bonds. The van der Waals surface area contributed by atoms with Crippen LogP contribution in [0.3, 0.4) is 0 Å². The van der Waals surface area contributed by atoms with E-state index in [9.17, 15) is 14.7 Å². The predicted molar refractivity (Wildman–Crippen MR) is 90.9 cm³/mol. The number of ether oxygens (including phenoxy) is 1. The number of aliphatic hydroxyl groups is 1. The molecular formula is C18H18N2O4. The van der Waals surface area contributed by atoms with Crippen molar-refractivity contribution in [1.82, 2.24) is 4.57 Å². The Morgan fingerprint density at radius 1 is 1.29 bits per heavy atom. The summed E-state index contributed by atoms with van der Waals surface area (Å²) in [6.45, 7) is 3.43. The molecule has 0 spiro atoms. The van der Waals surface area contributed by atoms with Gasteiger partial charge in [0, 0.05) is 29.1 Å². The molecule has 2 aromatic rings. The minimum atomic E-state index is -0.772. The molecule has 0 saturated carbocycles. The first kappa shape index (κ1) is 16.0. The van der Waals surface area contributed by atoms with Crippen LogP contribution in [0, 0.1) is 0 Å². The van der Waals surface area contributed by atoms with Crippen molar-refractivity contribution in [2.75, 3.05) is 11.9 Å². The summed E-state index contributed by atoms with van der Waals surface area (Å²) >= 11 is 0. The van der Waals surface area contributed by atoms with Gasteiger partial charge in [-0.05, 0) is 38.1 Å². The van der Waals surface area contributed by atoms with Gasteiger partial charge in [-0.3, -0.25) is 14.2 Å². The van der Waals surface area contributed by atoms with Gasteiger partial charge in [-0.1, -0.05) is 6.07 Å². The van der Waals surface area contributed by atoms with E-state index >= 15 is 0 Å². The molecule has 2 heterocycles. The van der Waals surface area contributed by atoms with Gasteiger partial charge in [0.1, 0.15) is 11.4 Å². The lowest BCUT2D eigenvalue weighted by molar-refractivity contribution is -0.105. The molecule has 0 aliphatic carbocycles. The molecule has 0 atom stereocenters. The van der Waals surface area contributed by atoms with Crippen molar-refractivity contribution < 1.29 is 14.6 Å². The Labute approximate surface area is 139 Å². The van der Waals surface area contributed by atoms with Gasteiger partial charge in [0.05, 0.1) is 12.3 Å². The second-order valence-corrected chi connectivity index (χ2v) is 5.98. The normalized spacial score (nSPS) is 15.5. The van der Waals surface area contributed by atoms with Crippen molar-refractivity contribution >= 4 is 17.8 Å². The average molecular weight is 326 g/mol. The summed E-state index contributed by atoms with van der Waals surface area (Å²) in [6, 6.07) is 10.1. The molecule has 124 valence electrons. The first-order valence-corrected chi connectivity index (χ1v) is 7.54. The maximum atomic E-state index is 12.3. The van der Waals surface area contributed by atoms with E-state index < -0.39 is 5.60 Å². The number of amides is 1. The number of aromatic nitrogens is 1. The fourth-order valence-electron chi connectivity index (χ4n) is 2.90. The van der Waals surface area contributed by atoms with Crippen LogP contribution >= 0.6 is 0 Å². The average Bonchev–Trinajstić information content (AvgIpc) is 2.54. The SMILES string of the molecule is CC1(C)Oc2ccc(NC=O)cc2C(n2ccccc2=O)=C1CO. The molecule has 2 N–H and O–H groups in total. The summed E-state index contributed by atoms with van der Waals surface area (Å²) in [5.74, 6) is 0.583. The number of pyridine rings is 1. The summed E-state index contributed by atoms with van der Waals surface area (Å²) in [7, 11) is 0. The molecule has 0 bridgehead atoms. The Bertz CT molecular complexity index is 881. The Hall–Kier alpha value is -2.86. The number of carbonyl (C=O) groups excluding carboxylic acids is 1. The second-order valence-electron chi connectivity index (χ2n) is 5.98. The summed E-state index contributed by atoms with van der Waals surface area (Å²) in [4.78, 5) is 23.1. The van der Waals surface area contributed by atoms with E-state index in [0.717, 1.165) is 0 Å². The zero-order chi connectivity index (χ0) is 17.3. The summed E-state index contributed by atoms with van der Waals surface area (Å²) < 4.78 is 7.48. The molecule has 0 radical (unpaired) electrons. The van der Waals surface area contributed by atoms with E-state index in [-0.39, 0.29) is 12.2 Å². The number of rotatable bonds is 4. The molecule has 1 aromatic heterocycles. The predicted octanol–water partition coefficient (Wildman–Crippen LogP) is 1.84. The quantitative estimate of drug-likeness (QED) is 0.840. The lowest BCUT2D eigenvalue weighted by Gasteiger charge is -2.36. The van der Waals surface area contributed by atoms with Crippen LogP contribution in [0.25, 0.3) is 5.70 Å². The molecule has 3 rings (SSSR count). The van der Waals surface area contributed by atoms with Crippen molar-refractivity contribution in [3.63, 3.8) is 0 Å². The van der Waals surface area contributed by atoms with E-state index in [2.05, 4.69) is 5.32 Å². The topological polar surface area (TPSA) is 80.6 Å². The van der Waals surface area contributed by atoms with Crippen molar-refractivity contribution in [2.45, 2.75) is 19.4 Å². The minimum absolute atomic E-state index is 0.212. The number of benzene rings is 1. The van der Waals surface area contributed by atoms with Crippen LogP contribution in [0.5, 0.6) is 5.75 Å². The Morgan fingerprint density at radius 3 is 2.75 bits per heavy atom. The van der Waals surface area contributed by atoms with E-state index in [1.165, 1.54) is 10.6 Å². The van der Waals surface area contributed by atoms with Crippen LogP contribution in [0.4, 0.5) is 5.69 Å². The lowest BCUT2D eigenvalue weighted by atomic mass is 9.89. The van der Waals surface area contributed by atoms with Crippen LogP contribution < -0.4 is 15.6 Å². The van der Waals surface area contributed by atoms with Crippen molar-refractivity contribution in [2.24, 2.45) is 0 Å². The van der Waals surface area contributed by atoms with Crippen LogP contribution in [0.1, 0.15) is 19.4 Å². The highest BCUT2D eigenvalue weighted by Crippen LogP contribution is 2.41. The first-order chi connectivity index (χ1) is 11.5. The number of hydrogen-bond donors (Lipinski definition) is 2. The first-order valence-electron chi connectivity index (χ1n) is 7.54. The van der Waals surface area contributed by atoms with Gasteiger partial charge in [0.15, 0.2) is 0 Å². The van der Waals surface area contributed by atoms with Crippen molar-refractivity contribution in [1.29, 1.82) is 0 Å². The summed E-state index contributed by atoms with van der Waals surface area (Å²) in [5, 5.41) is 12.5. The van der Waals surface area contributed by atoms with Crippen LogP contribution in [0.15, 0.2) is 53.0 Å². The third-order valence-corrected chi connectivity index (χ3v) is 4.06. The third kappa shape index (κ3) is 2.61. The fraction of sp³-hybridized carbons (Fsp3) is 0.222. The number of anilines is 1. The molecule has 0 saturated heterocycles. The van der Waals surface area contributed by atoms with Crippen molar-refractivity contribution in [3.8, 4) is 5.75 Å². The van der Waals surface area contributed by atoms with Gasteiger partial charge < -0.3 is 15.2 Å². The number of nitrogens with zero attached hydrogens (tertiary/aromatic N) is 1. The zero-order valence-corrected chi connectivity index (χ0v) is 13.4. The molecule has 1 aliphatic rings. The fourth-order valence-corrected chi connectivity index (χ4v) is 2.90. The number of fused-ring (bicyclic) bond motifs is 1. The van der Waals surface area contributed by atoms with E-state index in [0.29, 0.717) is 34.7 Å². The minimum Gasteiger partial charge on any atom is -0.483 e. The van der Waals surface area contributed by atoms with Gasteiger partial charge in [-0.2, -0.15) is 0 Å². The number of aliphatic hydroxyl groups excluding tert-OH is 1. The van der Waals surface area contributed by atoms with Gasteiger partial charge >= 0.3 is 0 Å². The zero-order valence-electron chi connectivity index (χ0n) is 13.4. The largest absolute Gasteiger partial charge is 0.483 e. The molecule has 1 aromatic carbocycles. The van der Waals surface area contributed by atoms with Gasteiger partial charge in [0.2, 0.25) is 6.41 Å².